The first kappa shape index (κ1) is 10.2. The van der Waals surface area contributed by atoms with Gasteiger partial charge in [-0.2, -0.15) is 0 Å². The van der Waals surface area contributed by atoms with E-state index in [1.54, 1.807) is 0 Å². The highest BCUT2D eigenvalue weighted by Crippen LogP contribution is 2.30. The number of furan rings is 1. The van der Waals surface area contributed by atoms with E-state index in [-0.39, 0.29) is 0 Å². The lowest BCUT2D eigenvalue weighted by Crippen LogP contribution is -2.27. The van der Waals surface area contributed by atoms with Gasteiger partial charge in [-0.05, 0) is 46.8 Å². The Hall–Kier alpha value is -0.280. The Morgan fingerprint density at radius 3 is 2.57 bits per heavy atom. The molecule has 2 nitrogen and oxygen atoms in total. The van der Waals surface area contributed by atoms with Crippen LogP contribution in [0.5, 0.6) is 0 Å². The maximum Gasteiger partial charge on any atom is 0.169 e. The Bertz CT molecular complexity index is 304. The first-order valence-corrected chi connectivity index (χ1v) is 5.97. The summed E-state index contributed by atoms with van der Waals surface area (Å²) in [7, 11) is 0. The predicted octanol–water partition coefficient (Wildman–Crippen LogP) is 3.49. The second-order valence-corrected chi connectivity index (χ2v) is 5.09. The van der Waals surface area contributed by atoms with Gasteiger partial charge >= 0.3 is 0 Å². The minimum absolute atomic E-state index is 0.355. The predicted molar refractivity (Wildman–Crippen MR) is 60.1 cm³/mol. The molecule has 1 aliphatic rings. The molecule has 0 bridgehead atoms. The lowest BCUT2D eigenvalue weighted by molar-refractivity contribution is 0.333. The maximum absolute atomic E-state index is 5.59. The van der Waals surface area contributed by atoms with Crippen LogP contribution in [0.25, 0.3) is 0 Å². The molecule has 0 aliphatic heterocycles. The zero-order valence-corrected chi connectivity index (χ0v) is 10.2. The molecule has 1 atom stereocenters. The van der Waals surface area contributed by atoms with Crippen molar-refractivity contribution in [1.29, 1.82) is 0 Å². The Morgan fingerprint density at radius 1 is 1.43 bits per heavy atom. The van der Waals surface area contributed by atoms with Gasteiger partial charge in [0.1, 0.15) is 5.76 Å². The van der Waals surface area contributed by atoms with Gasteiger partial charge in [0.25, 0.3) is 0 Å². The lowest BCUT2D eigenvalue weighted by atomic mass is 10.0. The number of rotatable bonds is 4. The molecule has 78 valence electrons. The van der Waals surface area contributed by atoms with E-state index in [9.17, 15) is 0 Å². The third-order valence-electron chi connectivity index (χ3n) is 2.56. The van der Waals surface area contributed by atoms with Crippen LogP contribution in [0.3, 0.4) is 0 Å². The normalized spacial score (nSPS) is 18.9. The van der Waals surface area contributed by atoms with Gasteiger partial charge in [0.05, 0.1) is 6.04 Å². The van der Waals surface area contributed by atoms with E-state index in [0.717, 1.165) is 10.4 Å². The van der Waals surface area contributed by atoms with Gasteiger partial charge in [-0.25, -0.2) is 0 Å². The number of hydrogen-bond donors (Lipinski definition) is 1. The summed E-state index contributed by atoms with van der Waals surface area (Å²) in [4.78, 5) is 0. The Labute approximate surface area is 93.2 Å². The Kier molecular flexibility index (Phi) is 2.98. The van der Waals surface area contributed by atoms with Crippen molar-refractivity contribution in [1.82, 2.24) is 5.32 Å². The topological polar surface area (TPSA) is 25.2 Å². The third kappa shape index (κ3) is 2.39. The Balaban J connectivity index is 2.08. The minimum Gasteiger partial charge on any atom is -0.453 e. The van der Waals surface area contributed by atoms with Crippen LogP contribution < -0.4 is 5.32 Å². The van der Waals surface area contributed by atoms with Crippen molar-refractivity contribution >= 4 is 15.9 Å². The van der Waals surface area contributed by atoms with Crippen LogP contribution >= 0.6 is 15.9 Å². The second-order valence-electron chi connectivity index (χ2n) is 4.30. The largest absolute Gasteiger partial charge is 0.453 e. The third-order valence-corrected chi connectivity index (χ3v) is 2.99. The van der Waals surface area contributed by atoms with Crippen LogP contribution in [0.4, 0.5) is 0 Å². The van der Waals surface area contributed by atoms with Crippen LogP contribution in [0, 0.1) is 5.92 Å². The molecule has 0 aromatic carbocycles. The van der Waals surface area contributed by atoms with Crippen LogP contribution in [0.2, 0.25) is 0 Å². The molecule has 1 N–H and O–H groups in total. The van der Waals surface area contributed by atoms with Crippen LogP contribution in [0.1, 0.15) is 38.5 Å². The molecule has 0 spiro atoms. The summed E-state index contributed by atoms with van der Waals surface area (Å²) in [5, 5.41) is 3.61. The minimum atomic E-state index is 0.355. The SMILES string of the molecule is CC(C)C(NC1CC1)c1ccc(Br)o1. The van der Waals surface area contributed by atoms with Crippen molar-refractivity contribution in [2.24, 2.45) is 5.92 Å². The van der Waals surface area contributed by atoms with E-state index in [0.29, 0.717) is 18.0 Å². The van der Waals surface area contributed by atoms with Gasteiger partial charge in [-0.1, -0.05) is 13.8 Å². The monoisotopic (exact) mass is 257 g/mol. The van der Waals surface area contributed by atoms with E-state index < -0.39 is 0 Å². The average molecular weight is 258 g/mol. The van der Waals surface area contributed by atoms with Gasteiger partial charge in [0, 0.05) is 6.04 Å². The number of hydrogen-bond acceptors (Lipinski definition) is 2. The highest BCUT2D eigenvalue weighted by atomic mass is 79.9. The first-order valence-electron chi connectivity index (χ1n) is 5.18. The summed E-state index contributed by atoms with van der Waals surface area (Å²) in [6, 6.07) is 5.07. The lowest BCUT2D eigenvalue weighted by Gasteiger charge is -2.19. The van der Waals surface area contributed by atoms with Gasteiger partial charge in [0.15, 0.2) is 4.67 Å². The van der Waals surface area contributed by atoms with E-state index in [2.05, 4.69) is 35.1 Å². The van der Waals surface area contributed by atoms with Crippen molar-refractivity contribution in [3.05, 3.63) is 22.6 Å². The van der Waals surface area contributed by atoms with Crippen molar-refractivity contribution in [2.45, 2.75) is 38.8 Å². The molecule has 1 heterocycles. The fourth-order valence-corrected chi connectivity index (χ4v) is 1.92. The summed E-state index contributed by atoms with van der Waals surface area (Å²) in [5.41, 5.74) is 0. The van der Waals surface area contributed by atoms with Gasteiger partial charge in [-0.3, -0.25) is 0 Å². The molecule has 1 aliphatic carbocycles. The summed E-state index contributed by atoms with van der Waals surface area (Å²) in [6.45, 7) is 4.44. The fraction of sp³-hybridized carbons (Fsp3) is 0.636. The van der Waals surface area contributed by atoms with Gasteiger partial charge in [0.2, 0.25) is 0 Å². The first-order chi connectivity index (χ1) is 6.66. The van der Waals surface area contributed by atoms with Crippen molar-refractivity contribution in [3.8, 4) is 0 Å². The molecule has 0 saturated heterocycles. The smallest absolute Gasteiger partial charge is 0.169 e. The zero-order chi connectivity index (χ0) is 10.1. The van der Waals surface area contributed by atoms with Crippen molar-refractivity contribution < 1.29 is 4.42 Å². The molecule has 0 radical (unpaired) electrons. The Morgan fingerprint density at radius 2 is 2.14 bits per heavy atom. The van der Waals surface area contributed by atoms with Crippen molar-refractivity contribution in [2.75, 3.05) is 0 Å². The molecule has 1 unspecified atom stereocenters. The molecule has 1 aromatic heterocycles. The van der Waals surface area contributed by atoms with Crippen LogP contribution in [0.15, 0.2) is 21.2 Å². The summed E-state index contributed by atoms with van der Waals surface area (Å²) in [5.74, 6) is 1.60. The summed E-state index contributed by atoms with van der Waals surface area (Å²) < 4.78 is 6.41. The van der Waals surface area contributed by atoms with Crippen molar-refractivity contribution in [3.63, 3.8) is 0 Å². The van der Waals surface area contributed by atoms with Gasteiger partial charge in [-0.15, -0.1) is 0 Å². The molecule has 3 heteroatoms. The molecule has 1 saturated carbocycles. The van der Waals surface area contributed by atoms with Crippen LogP contribution in [-0.2, 0) is 0 Å². The van der Waals surface area contributed by atoms with Gasteiger partial charge < -0.3 is 9.73 Å². The standard InChI is InChI=1S/C11H16BrNO/c1-7(2)11(13-8-3-4-8)9-5-6-10(12)14-9/h5-8,11,13H,3-4H2,1-2H3. The molecule has 2 rings (SSSR count). The zero-order valence-electron chi connectivity index (χ0n) is 8.59. The van der Waals surface area contributed by atoms with E-state index >= 15 is 0 Å². The van der Waals surface area contributed by atoms with E-state index in [4.69, 9.17) is 4.42 Å². The average Bonchev–Trinajstić information content (AvgIpc) is 2.84. The summed E-state index contributed by atoms with van der Waals surface area (Å²) >= 11 is 3.34. The maximum atomic E-state index is 5.59. The highest BCUT2D eigenvalue weighted by molar-refractivity contribution is 9.10. The molecular weight excluding hydrogens is 242 g/mol. The summed E-state index contributed by atoms with van der Waals surface area (Å²) in [6.07, 6.45) is 2.62. The number of nitrogens with one attached hydrogen (secondary N) is 1. The molecule has 1 aromatic rings. The molecule has 1 fully saturated rings. The molecule has 14 heavy (non-hydrogen) atoms. The van der Waals surface area contributed by atoms with E-state index in [1.165, 1.54) is 12.8 Å². The van der Waals surface area contributed by atoms with Crippen LogP contribution in [-0.4, -0.2) is 6.04 Å². The molecular formula is C11H16BrNO. The quantitative estimate of drug-likeness (QED) is 0.894. The number of halogens is 1. The highest BCUT2D eigenvalue weighted by Gasteiger charge is 2.28. The molecule has 0 amide bonds. The van der Waals surface area contributed by atoms with E-state index in [1.807, 2.05) is 12.1 Å². The fourth-order valence-electron chi connectivity index (χ4n) is 1.60. The second kappa shape index (κ2) is 4.07.